The van der Waals surface area contributed by atoms with Crippen LogP contribution in [0.15, 0.2) is 34.7 Å². The molecule has 0 N–H and O–H groups in total. The van der Waals surface area contributed by atoms with E-state index in [4.69, 9.17) is 0 Å². The minimum absolute atomic E-state index is 0.460. The molecule has 0 aliphatic carbocycles. The highest BCUT2D eigenvalue weighted by Gasteiger charge is 1.99. The first kappa shape index (κ1) is 10.8. The van der Waals surface area contributed by atoms with E-state index in [1.54, 1.807) is 0 Å². The Morgan fingerprint density at radius 2 is 2.14 bits per heavy atom. The van der Waals surface area contributed by atoms with Crippen LogP contribution in [-0.2, 0) is 0 Å². The molecule has 4 heteroatoms. The van der Waals surface area contributed by atoms with Crippen molar-refractivity contribution in [2.24, 2.45) is 0 Å². The lowest BCUT2D eigenvalue weighted by Crippen LogP contribution is -1.84. The highest BCUT2D eigenvalue weighted by Crippen LogP contribution is 2.24. The van der Waals surface area contributed by atoms with Gasteiger partial charge in [0.25, 0.3) is 0 Å². The van der Waals surface area contributed by atoms with Gasteiger partial charge in [0.2, 0.25) is 6.20 Å². The van der Waals surface area contributed by atoms with E-state index < -0.39 is 4.92 Å². The van der Waals surface area contributed by atoms with Crippen molar-refractivity contribution >= 4 is 11.8 Å². The summed E-state index contributed by atoms with van der Waals surface area (Å²) in [5, 5.41) is 11.5. The van der Waals surface area contributed by atoms with Crippen LogP contribution in [-0.4, -0.2) is 4.92 Å². The van der Waals surface area contributed by atoms with Crippen LogP contribution >= 0.6 is 11.8 Å². The highest BCUT2D eigenvalue weighted by atomic mass is 32.2. The minimum Gasteiger partial charge on any atom is -0.259 e. The molecule has 0 bridgehead atoms. The van der Waals surface area contributed by atoms with E-state index in [-0.39, 0.29) is 0 Å². The van der Waals surface area contributed by atoms with Crippen LogP contribution in [0, 0.1) is 24.0 Å². The molecule has 74 valence electrons. The van der Waals surface area contributed by atoms with Gasteiger partial charge in [-0.15, -0.1) is 0 Å². The maximum absolute atomic E-state index is 10.0. The zero-order chi connectivity index (χ0) is 10.6. The van der Waals surface area contributed by atoms with E-state index in [9.17, 15) is 10.1 Å². The molecular weight excluding hydrogens is 198 g/mol. The van der Waals surface area contributed by atoms with Crippen molar-refractivity contribution in [2.75, 3.05) is 0 Å². The summed E-state index contributed by atoms with van der Waals surface area (Å²) < 4.78 is 0. The van der Waals surface area contributed by atoms with Gasteiger partial charge in [0.05, 0.1) is 4.92 Å². The van der Waals surface area contributed by atoms with E-state index in [1.807, 2.05) is 32.0 Å². The van der Waals surface area contributed by atoms with Crippen molar-refractivity contribution in [3.63, 3.8) is 0 Å². The van der Waals surface area contributed by atoms with Crippen LogP contribution in [0.1, 0.15) is 11.1 Å². The summed E-state index contributed by atoms with van der Waals surface area (Å²) in [6.07, 6.45) is 0.951. The zero-order valence-electron chi connectivity index (χ0n) is 8.06. The third-order valence-corrected chi connectivity index (χ3v) is 2.89. The second-order valence-electron chi connectivity index (χ2n) is 2.89. The largest absolute Gasteiger partial charge is 0.259 e. The molecule has 0 aliphatic rings. The molecule has 0 amide bonds. The molecule has 1 rings (SSSR count). The molecule has 1 aromatic rings. The SMILES string of the molecule is Cc1cccc(SC=C[N+](=O)[O-])c1C. The Kier molecular flexibility index (Phi) is 3.71. The lowest BCUT2D eigenvalue weighted by Gasteiger charge is -2.03. The molecule has 0 atom stereocenters. The smallest absolute Gasteiger partial charge is 0.241 e. The summed E-state index contributed by atoms with van der Waals surface area (Å²) in [7, 11) is 0. The summed E-state index contributed by atoms with van der Waals surface area (Å²) in [6.45, 7) is 4.04. The topological polar surface area (TPSA) is 43.1 Å². The van der Waals surface area contributed by atoms with Crippen molar-refractivity contribution < 1.29 is 4.92 Å². The van der Waals surface area contributed by atoms with Gasteiger partial charge in [-0.05, 0) is 31.0 Å². The van der Waals surface area contributed by atoms with E-state index in [2.05, 4.69) is 0 Å². The number of hydrogen-bond donors (Lipinski definition) is 0. The summed E-state index contributed by atoms with van der Waals surface area (Å²) in [4.78, 5) is 10.6. The first-order chi connectivity index (χ1) is 6.61. The fraction of sp³-hybridized carbons (Fsp3) is 0.200. The Morgan fingerprint density at radius 1 is 1.43 bits per heavy atom. The lowest BCUT2D eigenvalue weighted by atomic mass is 10.1. The van der Waals surface area contributed by atoms with Crippen molar-refractivity contribution in [3.8, 4) is 0 Å². The quantitative estimate of drug-likeness (QED) is 0.436. The Bertz CT molecular complexity index is 374. The molecule has 0 saturated carbocycles. The van der Waals surface area contributed by atoms with Crippen LogP contribution in [0.5, 0.6) is 0 Å². The van der Waals surface area contributed by atoms with Crippen LogP contribution in [0.4, 0.5) is 0 Å². The standard InChI is InChI=1S/C10H11NO2S/c1-8-4-3-5-10(9(8)2)14-7-6-11(12)13/h3-7H,1-2H3. The van der Waals surface area contributed by atoms with E-state index in [1.165, 1.54) is 28.3 Å². The molecule has 3 nitrogen and oxygen atoms in total. The van der Waals surface area contributed by atoms with Crippen molar-refractivity contribution in [3.05, 3.63) is 51.0 Å². The van der Waals surface area contributed by atoms with Gasteiger partial charge in [-0.25, -0.2) is 0 Å². The summed E-state index contributed by atoms with van der Waals surface area (Å²) in [5.41, 5.74) is 2.37. The lowest BCUT2D eigenvalue weighted by molar-refractivity contribution is -0.402. The molecule has 0 aliphatic heterocycles. The zero-order valence-corrected chi connectivity index (χ0v) is 8.88. The predicted molar refractivity (Wildman–Crippen MR) is 57.9 cm³/mol. The molecular formula is C10H11NO2S. The Morgan fingerprint density at radius 3 is 2.79 bits per heavy atom. The molecule has 14 heavy (non-hydrogen) atoms. The van der Waals surface area contributed by atoms with Gasteiger partial charge in [-0.2, -0.15) is 0 Å². The first-order valence-corrected chi connectivity index (χ1v) is 5.02. The average molecular weight is 209 g/mol. The van der Waals surface area contributed by atoms with Gasteiger partial charge in [0.15, 0.2) is 0 Å². The van der Waals surface area contributed by atoms with E-state index >= 15 is 0 Å². The molecule has 0 spiro atoms. The third-order valence-electron chi connectivity index (χ3n) is 1.93. The summed E-state index contributed by atoms with van der Waals surface area (Å²) in [6, 6.07) is 5.93. The van der Waals surface area contributed by atoms with E-state index in [0.29, 0.717) is 0 Å². The average Bonchev–Trinajstić information content (AvgIpc) is 2.12. The minimum atomic E-state index is -0.460. The fourth-order valence-electron chi connectivity index (χ4n) is 1.01. The predicted octanol–water partition coefficient (Wildman–Crippen LogP) is 3.14. The van der Waals surface area contributed by atoms with Crippen molar-refractivity contribution in [1.82, 2.24) is 0 Å². The molecule has 0 radical (unpaired) electrons. The molecule has 0 unspecified atom stereocenters. The van der Waals surface area contributed by atoms with Gasteiger partial charge in [0, 0.05) is 10.3 Å². The van der Waals surface area contributed by atoms with Crippen molar-refractivity contribution in [1.29, 1.82) is 0 Å². The summed E-state index contributed by atoms with van der Waals surface area (Å²) in [5.74, 6) is 0. The third kappa shape index (κ3) is 2.88. The monoisotopic (exact) mass is 209 g/mol. The Labute approximate surface area is 87.0 Å². The Hall–Kier alpha value is -1.29. The number of nitrogens with zero attached hydrogens (tertiary/aromatic N) is 1. The maximum Gasteiger partial charge on any atom is 0.241 e. The Balaban J connectivity index is 2.77. The van der Waals surface area contributed by atoms with Crippen LogP contribution < -0.4 is 0 Å². The van der Waals surface area contributed by atoms with Gasteiger partial charge in [-0.3, -0.25) is 10.1 Å². The number of aryl methyl sites for hydroxylation is 1. The molecule has 0 aromatic heterocycles. The van der Waals surface area contributed by atoms with Gasteiger partial charge < -0.3 is 0 Å². The molecule has 0 heterocycles. The highest BCUT2D eigenvalue weighted by molar-refractivity contribution is 8.02. The van der Waals surface area contributed by atoms with Crippen LogP contribution in [0.25, 0.3) is 0 Å². The first-order valence-electron chi connectivity index (χ1n) is 4.14. The van der Waals surface area contributed by atoms with Crippen LogP contribution in [0.2, 0.25) is 0 Å². The van der Waals surface area contributed by atoms with Gasteiger partial charge in [-0.1, -0.05) is 23.9 Å². The van der Waals surface area contributed by atoms with Crippen LogP contribution in [0.3, 0.4) is 0 Å². The molecule has 0 fully saturated rings. The molecule has 0 saturated heterocycles. The fourth-order valence-corrected chi connectivity index (χ4v) is 1.81. The molecule has 1 aromatic carbocycles. The van der Waals surface area contributed by atoms with Gasteiger partial charge in [0.1, 0.15) is 0 Å². The van der Waals surface area contributed by atoms with E-state index in [0.717, 1.165) is 11.1 Å². The number of nitro groups is 1. The number of rotatable bonds is 3. The van der Waals surface area contributed by atoms with Gasteiger partial charge >= 0.3 is 0 Å². The normalized spacial score (nSPS) is 10.7. The second kappa shape index (κ2) is 4.81. The van der Waals surface area contributed by atoms with Crippen molar-refractivity contribution in [2.45, 2.75) is 18.7 Å². The number of thioether (sulfide) groups is 1. The number of hydrogen-bond acceptors (Lipinski definition) is 3. The number of benzene rings is 1. The maximum atomic E-state index is 10.0. The summed E-state index contributed by atoms with van der Waals surface area (Å²) >= 11 is 1.37. The second-order valence-corrected chi connectivity index (χ2v) is 3.83.